The zero-order chi connectivity index (χ0) is 14.9. The third-order valence-electron chi connectivity index (χ3n) is 3.21. The fourth-order valence-electron chi connectivity index (χ4n) is 2.03. The molecule has 0 amide bonds. The smallest absolute Gasteiger partial charge is 0.130 e. The Balaban J connectivity index is 1.81. The highest BCUT2D eigenvalue weighted by Crippen LogP contribution is 2.14. The van der Waals surface area contributed by atoms with Gasteiger partial charge < -0.3 is 9.47 Å². The van der Waals surface area contributed by atoms with Crippen LogP contribution in [0.1, 0.15) is 5.56 Å². The maximum Gasteiger partial charge on any atom is 0.130 e. The summed E-state index contributed by atoms with van der Waals surface area (Å²) in [7, 11) is 0. The van der Waals surface area contributed by atoms with E-state index in [4.69, 9.17) is 20.0 Å². The standard InChI is InChI=1S/C16H17N3O2/c17-12-15(13-18)11-14-1-3-16(4-2-14)21-10-7-19-5-8-20-9-6-19/h1-4,11H,5-10H2. The van der Waals surface area contributed by atoms with Gasteiger partial charge in [-0.2, -0.15) is 10.5 Å². The van der Waals surface area contributed by atoms with E-state index in [9.17, 15) is 0 Å². The second-order valence-corrected chi connectivity index (χ2v) is 4.65. The molecule has 108 valence electrons. The van der Waals surface area contributed by atoms with Gasteiger partial charge >= 0.3 is 0 Å². The van der Waals surface area contributed by atoms with Gasteiger partial charge in [-0.25, -0.2) is 0 Å². The van der Waals surface area contributed by atoms with Crippen molar-refractivity contribution in [3.05, 3.63) is 35.4 Å². The van der Waals surface area contributed by atoms with Crippen molar-refractivity contribution in [3.63, 3.8) is 0 Å². The van der Waals surface area contributed by atoms with Crippen LogP contribution < -0.4 is 4.74 Å². The number of morpholine rings is 1. The Bertz CT molecular complexity index is 545. The van der Waals surface area contributed by atoms with Crippen LogP contribution in [0.4, 0.5) is 0 Å². The Morgan fingerprint density at radius 1 is 1.19 bits per heavy atom. The van der Waals surface area contributed by atoms with Crippen LogP contribution in [0.15, 0.2) is 29.8 Å². The lowest BCUT2D eigenvalue weighted by atomic mass is 10.1. The summed E-state index contributed by atoms with van der Waals surface area (Å²) in [4.78, 5) is 2.31. The van der Waals surface area contributed by atoms with Gasteiger partial charge in [0.2, 0.25) is 0 Å². The first kappa shape index (κ1) is 15.1. The van der Waals surface area contributed by atoms with Crippen molar-refractivity contribution in [2.45, 2.75) is 0 Å². The Morgan fingerprint density at radius 2 is 1.86 bits per heavy atom. The summed E-state index contributed by atoms with van der Waals surface area (Å²) < 4.78 is 11.0. The molecule has 1 aliphatic heterocycles. The van der Waals surface area contributed by atoms with Crippen molar-refractivity contribution in [2.24, 2.45) is 0 Å². The van der Waals surface area contributed by atoms with E-state index in [1.54, 1.807) is 6.08 Å². The average molecular weight is 283 g/mol. The summed E-state index contributed by atoms with van der Waals surface area (Å²) in [6, 6.07) is 11.0. The predicted molar refractivity (Wildman–Crippen MR) is 78.4 cm³/mol. The number of hydrogen-bond acceptors (Lipinski definition) is 5. The lowest BCUT2D eigenvalue weighted by Gasteiger charge is -2.26. The number of nitriles is 2. The van der Waals surface area contributed by atoms with E-state index in [0.29, 0.717) is 6.61 Å². The SMILES string of the molecule is N#CC(C#N)=Cc1ccc(OCCN2CCOCC2)cc1. The van der Waals surface area contributed by atoms with Gasteiger partial charge in [-0.3, -0.25) is 4.90 Å². The number of nitrogens with zero attached hydrogens (tertiary/aromatic N) is 3. The number of ether oxygens (including phenoxy) is 2. The van der Waals surface area contributed by atoms with E-state index >= 15 is 0 Å². The van der Waals surface area contributed by atoms with Crippen molar-refractivity contribution in [3.8, 4) is 17.9 Å². The Hall–Kier alpha value is -2.34. The third-order valence-corrected chi connectivity index (χ3v) is 3.21. The largest absolute Gasteiger partial charge is 0.492 e. The summed E-state index contributed by atoms with van der Waals surface area (Å²) in [6.07, 6.45) is 1.55. The Labute approximate surface area is 124 Å². The van der Waals surface area contributed by atoms with Crippen molar-refractivity contribution < 1.29 is 9.47 Å². The van der Waals surface area contributed by atoms with Crippen molar-refractivity contribution in [2.75, 3.05) is 39.5 Å². The first-order valence-electron chi connectivity index (χ1n) is 6.86. The molecule has 2 rings (SSSR count). The molecule has 0 N–H and O–H groups in total. The Morgan fingerprint density at radius 3 is 2.48 bits per heavy atom. The van der Waals surface area contributed by atoms with Crippen LogP contribution in [0.5, 0.6) is 5.75 Å². The van der Waals surface area contributed by atoms with Crippen LogP contribution in [0.2, 0.25) is 0 Å². The molecule has 0 unspecified atom stereocenters. The summed E-state index contributed by atoms with van der Waals surface area (Å²) >= 11 is 0. The van der Waals surface area contributed by atoms with Gasteiger partial charge in [-0.15, -0.1) is 0 Å². The predicted octanol–water partition coefficient (Wildman–Crippen LogP) is 1.83. The molecule has 21 heavy (non-hydrogen) atoms. The molecule has 0 aliphatic carbocycles. The van der Waals surface area contributed by atoms with E-state index in [0.717, 1.165) is 44.2 Å². The number of allylic oxidation sites excluding steroid dienone is 1. The van der Waals surface area contributed by atoms with E-state index < -0.39 is 0 Å². The minimum atomic E-state index is 0.0935. The van der Waals surface area contributed by atoms with Crippen LogP contribution in [-0.2, 0) is 4.74 Å². The molecule has 0 saturated carbocycles. The molecule has 0 atom stereocenters. The first-order valence-corrected chi connectivity index (χ1v) is 6.86. The van der Waals surface area contributed by atoms with Crippen LogP contribution in [0.3, 0.4) is 0 Å². The van der Waals surface area contributed by atoms with Crippen molar-refractivity contribution >= 4 is 6.08 Å². The average Bonchev–Trinajstić information content (AvgIpc) is 2.55. The van der Waals surface area contributed by atoms with E-state index in [-0.39, 0.29) is 5.57 Å². The summed E-state index contributed by atoms with van der Waals surface area (Å²) in [5.41, 5.74) is 0.907. The van der Waals surface area contributed by atoms with Gasteiger partial charge in [-0.1, -0.05) is 12.1 Å². The van der Waals surface area contributed by atoms with Gasteiger partial charge in [0.05, 0.1) is 13.2 Å². The molecule has 1 heterocycles. The van der Waals surface area contributed by atoms with Crippen molar-refractivity contribution in [1.82, 2.24) is 4.90 Å². The van der Waals surface area contributed by atoms with E-state index in [2.05, 4.69) is 4.90 Å². The molecule has 1 aromatic rings. The number of rotatable bonds is 5. The van der Waals surface area contributed by atoms with Gasteiger partial charge in [0.15, 0.2) is 0 Å². The van der Waals surface area contributed by atoms with Crippen LogP contribution in [-0.4, -0.2) is 44.4 Å². The lowest BCUT2D eigenvalue weighted by Crippen LogP contribution is -2.38. The molecule has 1 aromatic carbocycles. The van der Waals surface area contributed by atoms with E-state index in [1.807, 2.05) is 36.4 Å². The topological polar surface area (TPSA) is 69.3 Å². The van der Waals surface area contributed by atoms with Gasteiger partial charge in [0.25, 0.3) is 0 Å². The van der Waals surface area contributed by atoms with Crippen LogP contribution >= 0.6 is 0 Å². The number of hydrogen-bond donors (Lipinski definition) is 0. The second-order valence-electron chi connectivity index (χ2n) is 4.65. The molecule has 0 aromatic heterocycles. The zero-order valence-corrected chi connectivity index (χ0v) is 11.8. The highest BCUT2D eigenvalue weighted by molar-refractivity contribution is 5.62. The molecule has 0 radical (unpaired) electrons. The molecule has 0 spiro atoms. The minimum absolute atomic E-state index is 0.0935. The van der Waals surface area contributed by atoms with Gasteiger partial charge in [0.1, 0.15) is 30.1 Å². The molecule has 0 bridgehead atoms. The molecular formula is C16H17N3O2. The highest BCUT2D eigenvalue weighted by atomic mass is 16.5. The van der Waals surface area contributed by atoms with Crippen molar-refractivity contribution in [1.29, 1.82) is 10.5 Å². The highest BCUT2D eigenvalue weighted by Gasteiger charge is 2.09. The number of benzene rings is 1. The zero-order valence-electron chi connectivity index (χ0n) is 11.8. The Kier molecular flexibility index (Phi) is 5.78. The summed E-state index contributed by atoms with van der Waals surface area (Å²) in [5.74, 6) is 0.788. The fourth-order valence-corrected chi connectivity index (χ4v) is 2.03. The molecule has 1 aliphatic rings. The van der Waals surface area contributed by atoms with Gasteiger partial charge in [0, 0.05) is 19.6 Å². The lowest BCUT2D eigenvalue weighted by molar-refractivity contribution is 0.0322. The van der Waals surface area contributed by atoms with Crippen LogP contribution in [0.25, 0.3) is 6.08 Å². The molecule has 1 fully saturated rings. The quantitative estimate of drug-likeness (QED) is 0.771. The first-order chi connectivity index (χ1) is 10.3. The summed E-state index contributed by atoms with van der Waals surface area (Å²) in [5, 5.41) is 17.4. The van der Waals surface area contributed by atoms with Gasteiger partial charge in [-0.05, 0) is 23.8 Å². The van der Waals surface area contributed by atoms with Crippen LogP contribution in [0, 0.1) is 22.7 Å². The molecule has 1 saturated heterocycles. The normalized spacial score (nSPS) is 14.8. The molecule has 5 heteroatoms. The second kappa shape index (κ2) is 8.06. The minimum Gasteiger partial charge on any atom is -0.492 e. The third kappa shape index (κ3) is 4.92. The maximum absolute atomic E-state index is 8.70. The monoisotopic (exact) mass is 283 g/mol. The molecular weight excluding hydrogens is 266 g/mol. The summed E-state index contributed by atoms with van der Waals surface area (Å²) in [6.45, 7) is 5.02. The maximum atomic E-state index is 8.70. The molecule has 5 nitrogen and oxygen atoms in total. The van der Waals surface area contributed by atoms with E-state index in [1.165, 1.54) is 0 Å². The fraction of sp³-hybridized carbons (Fsp3) is 0.375.